The van der Waals surface area contributed by atoms with Crippen molar-refractivity contribution in [3.8, 4) is 28.5 Å². The zero-order valence-corrected chi connectivity index (χ0v) is 15.2. The summed E-state index contributed by atoms with van der Waals surface area (Å²) in [5, 5.41) is 5.73. The zero-order chi connectivity index (χ0) is 19.1. The third-order valence-corrected chi connectivity index (χ3v) is 4.72. The summed E-state index contributed by atoms with van der Waals surface area (Å²) in [6.07, 6.45) is 1.80. The second kappa shape index (κ2) is 6.35. The molecule has 28 heavy (non-hydrogen) atoms. The molecule has 0 spiro atoms. The van der Waals surface area contributed by atoms with Gasteiger partial charge in [0.15, 0.2) is 5.82 Å². The molecule has 0 fully saturated rings. The molecular formula is C22H17N5O. The standard InChI is InChI=1S/C22H17N5O/c1-28-21-5-3-2-4-17(21)20-11-8-16-13-24-22(26-27(16)20)19-9-6-14-12-15(23)7-10-18(14)25-19/h2-13H,23H2,1H3. The highest BCUT2D eigenvalue weighted by atomic mass is 16.5. The van der Waals surface area contributed by atoms with Gasteiger partial charge in [0.1, 0.15) is 11.4 Å². The van der Waals surface area contributed by atoms with Gasteiger partial charge in [-0.1, -0.05) is 18.2 Å². The number of anilines is 1. The van der Waals surface area contributed by atoms with Crippen molar-refractivity contribution in [3.63, 3.8) is 0 Å². The Morgan fingerprint density at radius 1 is 0.964 bits per heavy atom. The van der Waals surface area contributed by atoms with Crippen LogP contribution in [-0.4, -0.2) is 26.7 Å². The summed E-state index contributed by atoms with van der Waals surface area (Å²) >= 11 is 0. The first kappa shape index (κ1) is 16.3. The first-order valence-electron chi connectivity index (χ1n) is 8.88. The van der Waals surface area contributed by atoms with E-state index < -0.39 is 0 Å². The predicted molar refractivity (Wildman–Crippen MR) is 110 cm³/mol. The molecule has 0 saturated heterocycles. The molecule has 0 atom stereocenters. The Labute approximate surface area is 161 Å². The Morgan fingerprint density at radius 2 is 1.86 bits per heavy atom. The molecule has 6 nitrogen and oxygen atoms in total. The van der Waals surface area contributed by atoms with Gasteiger partial charge >= 0.3 is 0 Å². The van der Waals surface area contributed by atoms with Crippen LogP contribution in [0, 0.1) is 0 Å². The van der Waals surface area contributed by atoms with E-state index in [9.17, 15) is 0 Å². The maximum Gasteiger partial charge on any atom is 0.198 e. The monoisotopic (exact) mass is 367 g/mol. The fraction of sp³-hybridized carbons (Fsp3) is 0.0455. The van der Waals surface area contributed by atoms with Crippen molar-refractivity contribution in [1.82, 2.24) is 19.6 Å². The molecule has 5 aromatic rings. The van der Waals surface area contributed by atoms with E-state index in [-0.39, 0.29) is 0 Å². The number of fused-ring (bicyclic) bond motifs is 2. The van der Waals surface area contributed by atoms with Gasteiger partial charge in [0.25, 0.3) is 0 Å². The molecule has 3 aromatic heterocycles. The second-order valence-corrected chi connectivity index (χ2v) is 6.49. The number of hydrogen-bond acceptors (Lipinski definition) is 5. The maximum atomic E-state index is 5.85. The molecule has 0 amide bonds. The normalized spacial score (nSPS) is 11.2. The number of ether oxygens (including phenoxy) is 1. The molecule has 0 radical (unpaired) electrons. The van der Waals surface area contributed by atoms with Gasteiger partial charge in [0, 0.05) is 16.6 Å². The topological polar surface area (TPSA) is 78.3 Å². The molecule has 3 heterocycles. The quantitative estimate of drug-likeness (QED) is 0.484. The van der Waals surface area contributed by atoms with Crippen LogP contribution in [0.1, 0.15) is 0 Å². The number of benzene rings is 2. The molecule has 0 bridgehead atoms. The van der Waals surface area contributed by atoms with Crippen molar-refractivity contribution in [1.29, 1.82) is 0 Å². The molecule has 136 valence electrons. The fourth-order valence-electron chi connectivity index (χ4n) is 3.35. The predicted octanol–water partition coefficient (Wildman–Crippen LogP) is 4.20. The van der Waals surface area contributed by atoms with E-state index in [0.717, 1.165) is 33.4 Å². The third-order valence-electron chi connectivity index (χ3n) is 4.72. The van der Waals surface area contributed by atoms with E-state index in [1.807, 2.05) is 71.2 Å². The van der Waals surface area contributed by atoms with Gasteiger partial charge in [0.2, 0.25) is 0 Å². The number of nitrogens with zero attached hydrogens (tertiary/aromatic N) is 4. The van der Waals surface area contributed by atoms with Gasteiger partial charge in [-0.15, -0.1) is 5.10 Å². The Bertz CT molecular complexity index is 1330. The average Bonchev–Trinajstić information content (AvgIpc) is 3.16. The van der Waals surface area contributed by atoms with Crippen molar-refractivity contribution in [2.75, 3.05) is 12.8 Å². The van der Waals surface area contributed by atoms with Gasteiger partial charge in [0.05, 0.1) is 30.0 Å². The summed E-state index contributed by atoms with van der Waals surface area (Å²) < 4.78 is 7.38. The Kier molecular flexibility index (Phi) is 3.69. The minimum absolute atomic E-state index is 0.554. The summed E-state index contributed by atoms with van der Waals surface area (Å²) in [6.45, 7) is 0. The number of nitrogens with two attached hydrogens (primary N) is 1. The van der Waals surface area contributed by atoms with E-state index >= 15 is 0 Å². The van der Waals surface area contributed by atoms with Crippen molar-refractivity contribution < 1.29 is 4.74 Å². The number of para-hydroxylation sites is 1. The Hall–Kier alpha value is -3.93. The van der Waals surface area contributed by atoms with Gasteiger partial charge in [-0.2, -0.15) is 0 Å². The fourth-order valence-corrected chi connectivity index (χ4v) is 3.35. The molecule has 2 N–H and O–H groups in total. The number of methoxy groups -OCH3 is 1. The molecular weight excluding hydrogens is 350 g/mol. The number of rotatable bonds is 3. The van der Waals surface area contributed by atoms with Gasteiger partial charge in [-0.05, 0) is 48.5 Å². The molecule has 0 unspecified atom stereocenters. The van der Waals surface area contributed by atoms with E-state index in [0.29, 0.717) is 17.2 Å². The maximum absolute atomic E-state index is 5.85. The zero-order valence-electron chi connectivity index (χ0n) is 15.2. The van der Waals surface area contributed by atoms with Gasteiger partial charge in [-0.3, -0.25) is 0 Å². The molecule has 0 aliphatic heterocycles. The van der Waals surface area contributed by atoms with Crippen LogP contribution in [0.2, 0.25) is 0 Å². The van der Waals surface area contributed by atoms with Crippen LogP contribution in [0.5, 0.6) is 5.75 Å². The highest BCUT2D eigenvalue weighted by molar-refractivity contribution is 5.83. The molecule has 0 aliphatic rings. The highest BCUT2D eigenvalue weighted by Gasteiger charge is 2.13. The summed E-state index contributed by atoms with van der Waals surface area (Å²) in [7, 11) is 1.67. The Morgan fingerprint density at radius 3 is 2.75 bits per heavy atom. The third kappa shape index (κ3) is 2.63. The van der Waals surface area contributed by atoms with E-state index in [1.54, 1.807) is 13.3 Å². The smallest absolute Gasteiger partial charge is 0.198 e. The van der Waals surface area contributed by atoms with Crippen LogP contribution in [0.3, 0.4) is 0 Å². The van der Waals surface area contributed by atoms with Gasteiger partial charge in [-0.25, -0.2) is 14.5 Å². The SMILES string of the molecule is COc1ccccc1-c1ccc2cnc(-c3ccc4cc(N)ccc4n3)nn12. The Balaban J connectivity index is 1.67. The number of hydrogen-bond donors (Lipinski definition) is 1. The first-order chi connectivity index (χ1) is 13.7. The van der Waals surface area contributed by atoms with E-state index in [4.69, 9.17) is 20.6 Å². The molecule has 6 heteroatoms. The van der Waals surface area contributed by atoms with Crippen LogP contribution in [0.15, 0.2) is 72.9 Å². The van der Waals surface area contributed by atoms with Crippen LogP contribution < -0.4 is 10.5 Å². The highest BCUT2D eigenvalue weighted by Crippen LogP contribution is 2.31. The van der Waals surface area contributed by atoms with E-state index in [1.165, 1.54) is 0 Å². The minimum Gasteiger partial charge on any atom is -0.496 e. The lowest BCUT2D eigenvalue weighted by Gasteiger charge is -2.09. The van der Waals surface area contributed by atoms with E-state index in [2.05, 4.69) is 4.98 Å². The lowest BCUT2D eigenvalue weighted by molar-refractivity contribution is 0.416. The molecule has 2 aromatic carbocycles. The van der Waals surface area contributed by atoms with Crippen LogP contribution in [-0.2, 0) is 0 Å². The molecule has 5 rings (SSSR count). The summed E-state index contributed by atoms with van der Waals surface area (Å²) in [5.74, 6) is 1.35. The largest absolute Gasteiger partial charge is 0.496 e. The average molecular weight is 367 g/mol. The number of pyridine rings is 1. The van der Waals surface area contributed by atoms with Crippen molar-refractivity contribution in [2.45, 2.75) is 0 Å². The van der Waals surface area contributed by atoms with Crippen molar-refractivity contribution >= 4 is 22.1 Å². The van der Waals surface area contributed by atoms with Crippen LogP contribution in [0.4, 0.5) is 5.69 Å². The summed E-state index contributed by atoms with van der Waals surface area (Å²) in [5.41, 5.74) is 10.9. The first-order valence-corrected chi connectivity index (χ1v) is 8.88. The number of nitrogen functional groups attached to an aromatic ring is 1. The second-order valence-electron chi connectivity index (χ2n) is 6.49. The van der Waals surface area contributed by atoms with Crippen molar-refractivity contribution in [3.05, 3.63) is 72.9 Å². The number of aromatic nitrogens is 4. The lowest BCUT2D eigenvalue weighted by Crippen LogP contribution is -2.01. The molecule has 0 saturated carbocycles. The van der Waals surface area contributed by atoms with Crippen molar-refractivity contribution in [2.24, 2.45) is 0 Å². The lowest BCUT2D eigenvalue weighted by atomic mass is 10.1. The van der Waals surface area contributed by atoms with Gasteiger partial charge < -0.3 is 10.5 Å². The summed E-state index contributed by atoms with van der Waals surface area (Å²) in [6, 6.07) is 21.4. The van der Waals surface area contributed by atoms with Crippen LogP contribution in [0.25, 0.3) is 39.2 Å². The summed E-state index contributed by atoms with van der Waals surface area (Å²) in [4.78, 5) is 9.20. The minimum atomic E-state index is 0.554. The van der Waals surface area contributed by atoms with Crippen LogP contribution >= 0.6 is 0 Å². The molecule has 0 aliphatic carbocycles.